The number of aliphatic hydroxyl groups excluding tert-OH is 2. The second kappa shape index (κ2) is 4.80. The molecule has 84 valence electrons. The predicted octanol–water partition coefficient (Wildman–Crippen LogP) is -0.517. The van der Waals surface area contributed by atoms with Crippen LogP contribution >= 0.6 is 0 Å². The Morgan fingerprint density at radius 2 is 2.27 bits per heavy atom. The molecule has 0 aliphatic carbocycles. The molecule has 0 radical (unpaired) electrons. The molecule has 8 heteroatoms. The summed E-state index contributed by atoms with van der Waals surface area (Å²) in [6, 6.07) is 0. The molecule has 0 spiro atoms. The van der Waals surface area contributed by atoms with Crippen molar-refractivity contribution < 1.29 is 19.5 Å². The van der Waals surface area contributed by atoms with E-state index in [4.69, 9.17) is 5.11 Å². The van der Waals surface area contributed by atoms with Crippen LogP contribution < -0.4 is 0 Å². The molecular formula is C7H10FN3O4. The summed E-state index contributed by atoms with van der Waals surface area (Å²) in [5.41, 5.74) is 0. The van der Waals surface area contributed by atoms with E-state index >= 15 is 0 Å². The quantitative estimate of drug-likeness (QED) is 0.512. The van der Waals surface area contributed by atoms with Crippen LogP contribution in [-0.4, -0.2) is 43.6 Å². The van der Waals surface area contributed by atoms with Crippen LogP contribution in [0, 0.1) is 10.1 Å². The van der Waals surface area contributed by atoms with E-state index in [0.717, 1.165) is 4.57 Å². The Bertz CT molecular complexity index is 343. The Hall–Kier alpha value is -1.54. The fourth-order valence-electron chi connectivity index (χ4n) is 1.04. The van der Waals surface area contributed by atoms with Gasteiger partial charge in [0.15, 0.2) is 0 Å². The van der Waals surface area contributed by atoms with Gasteiger partial charge in [-0.2, -0.15) is 0 Å². The molecule has 0 fully saturated rings. The molecule has 2 N–H and O–H groups in total. The lowest BCUT2D eigenvalue weighted by atomic mass is 10.2. The SMILES string of the molecule is O=[N+]([O-])c1nccn1C[C@H](O)[C@H](O)CF. The number of hydrogen-bond donors (Lipinski definition) is 2. The Morgan fingerprint density at radius 1 is 1.60 bits per heavy atom. The highest BCUT2D eigenvalue weighted by Gasteiger charge is 2.22. The highest BCUT2D eigenvalue weighted by Crippen LogP contribution is 2.09. The minimum Gasteiger partial charge on any atom is -0.390 e. The maximum Gasteiger partial charge on any atom is 0.434 e. The number of aromatic nitrogens is 2. The second-order valence-corrected chi connectivity index (χ2v) is 2.93. The smallest absolute Gasteiger partial charge is 0.390 e. The number of imidazole rings is 1. The zero-order valence-electron chi connectivity index (χ0n) is 7.65. The second-order valence-electron chi connectivity index (χ2n) is 2.93. The van der Waals surface area contributed by atoms with Crippen molar-refractivity contribution in [2.45, 2.75) is 18.8 Å². The maximum atomic E-state index is 12.0. The first-order chi connectivity index (χ1) is 7.06. The first kappa shape index (κ1) is 11.5. The molecule has 1 heterocycles. The Kier molecular flexibility index (Phi) is 3.69. The van der Waals surface area contributed by atoms with Crippen LogP contribution in [0.3, 0.4) is 0 Å². The molecule has 0 saturated carbocycles. The minimum atomic E-state index is -1.55. The average molecular weight is 219 g/mol. The van der Waals surface area contributed by atoms with Gasteiger partial charge in [0.1, 0.15) is 37.8 Å². The molecule has 1 aromatic rings. The normalized spacial score (nSPS) is 14.9. The first-order valence-electron chi connectivity index (χ1n) is 4.14. The Balaban J connectivity index is 2.72. The van der Waals surface area contributed by atoms with Crippen molar-refractivity contribution >= 4 is 5.95 Å². The van der Waals surface area contributed by atoms with Gasteiger partial charge in [-0.1, -0.05) is 4.98 Å². The van der Waals surface area contributed by atoms with Gasteiger partial charge in [0.2, 0.25) is 0 Å². The average Bonchev–Trinajstić information content (AvgIpc) is 2.64. The molecule has 0 saturated heterocycles. The van der Waals surface area contributed by atoms with E-state index in [0.29, 0.717) is 0 Å². The number of nitrogens with zero attached hydrogens (tertiary/aromatic N) is 3. The third-order valence-corrected chi connectivity index (χ3v) is 1.84. The van der Waals surface area contributed by atoms with Gasteiger partial charge in [-0.15, -0.1) is 0 Å². The van der Waals surface area contributed by atoms with E-state index in [9.17, 15) is 19.6 Å². The molecule has 0 aliphatic heterocycles. The van der Waals surface area contributed by atoms with E-state index < -0.39 is 29.8 Å². The summed E-state index contributed by atoms with van der Waals surface area (Å²) < 4.78 is 13.0. The number of halogens is 1. The number of nitro groups is 1. The number of alkyl halides is 1. The van der Waals surface area contributed by atoms with Crippen LogP contribution in [0.15, 0.2) is 12.4 Å². The van der Waals surface area contributed by atoms with Crippen molar-refractivity contribution in [2.75, 3.05) is 6.67 Å². The lowest BCUT2D eigenvalue weighted by molar-refractivity contribution is -0.397. The number of rotatable bonds is 5. The van der Waals surface area contributed by atoms with Gasteiger partial charge >= 0.3 is 5.95 Å². The van der Waals surface area contributed by atoms with Crippen LogP contribution in [0.2, 0.25) is 0 Å². The molecule has 0 aromatic carbocycles. The van der Waals surface area contributed by atoms with Crippen LogP contribution in [0.4, 0.5) is 10.3 Å². The van der Waals surface area contributed by atoms with Crippen LogP contribution in [0.25, 0.3) is 0 Å². The lowest BCUT2D eigenvalue weighted by Crippen LogP contribution is -2.32. The lowest BCUT2D eigenvalue weighted by Gasteiger charge is -2.13. The third kappa shape index (κ3) is 2.70. The zero-order chi connectivity index (χ0) is 11.4. The summed E-state index contributed by atoms with van der Waals surface area (Å²) in [5.74, 6) is -0.458. The molecule has 1 aromatic heterocycles. The summed E-state index contributed by atoms with van der Waals surface area (Å²) in [6.45, 7) is -1.38. The summed E-state index contributed by atoms with van der Waals surface area (Å²) >= 11 is 0. The molecule has 0 amide bonds. The van der Waals surface area contributed by atoms with Gasteiger partial charge < -0.3 is 20.3 Å². The van der Waals surface area contributed by atoms with E-state index in [2.05, 4.69) is 4.98 Å². The zero-order valence-corrected chi connectivity index (χ0v) is 7.65. The topological polar surface area (TPSA) is 101 Å². The maximum absolute atomic E-state index is 12.0. The van der Waals surface area contributed by atoms with Crippen molar-refractivity contribution in [3.05, 3.63) is 22.5 Å². The largest absolute Gasteiger partial charge is 0.434 e. The third-order valence-electron chi connectivity index (χ3n) is 1.84. The van der Waals surface area contributed by atoms with E-state index in [1.54, 1.807) is 0 Å². The molecular weight excluding hydrogens is 209 g/mol. The van der Waals surface area contributed by atoms with Crippen molar-refractivity contribution in [3.8, 4) is 0 Å². The molecule has 1 rings (SSSR count). The van der Waals surface area contributed by atoms with Crippen LogP contribution in [0.1, 0.15) is 0 Å². The fourth-order valence-corrected chi connectivity index (χ4v) is 1.04. The van der Waals surface area contributed by atoms with Gasteiger partial charge in [0.25, 0.3) is 0 Å². The molecule has 15 heavy (non-hydrogen) atoms. The van der Waals surface area contributed by atoms with Gasteiger partial charge in [-0.3, -0.25) is 0 Å². The summed E-state index contributed by atoms with van der Waals surface area (Å²) in [4.78, 5) is 13.1. The summed E-state index contributed by atoms with van der Waals surface area (Å²) in [7, 11) is 0. The molecule has 0 unspecified atom stereocenters. The first-order valence-corrected chi connectivity index (χ1v) is 4.14. The number of aliphatic hydroxyl groups is 2. The highest BCUT2D eigenvalue weighted by molar-refractivity contribution is 5.06. The summed E-state index contributed by atoms with van der Waals surface area (Å²) in [5, 5.41) is 28.6. The van der Waals surface area contributed by atoms with Gasteiger partial charge in [-0.25, -0.2) is 8.96 Å². The monoisotopic (exact) mass is 219 g/mol. The van der Waals surface area contributed by atoms with Crippen molar-refractivity contribution in [3.63, 3.8) is 0 Å². The van der Waals surface area contributed by atoms with Crippen molar-refractivity contribution in [1.29, 1.82) is 0 Å². The Labute approximate surface area is 83.9 Å². The summed E-state index contributed by atoms with van der Waals surface area (Å²) in [6.07, 6.45) is -0.492. The van der Waals surface area contributed by atoms with E-state index in [-0.39, 0.29) is 6.54 Å². The molecule has 0 bridgehead atoms. The highest BCUT2D eigenvalue weighted by atomic mass is 19.1. The van der Waals surface area contributed by atoms with Crippen LogP contribution in [0.5, 0.6) is 0 Å². The predicted molar refractivity (Wildman–Crippen MR) is 46.9 cm³/mol. The molecule has 0 aliphatic rings. The standard InChI is InChI=1S/C7H10FN3O4/c8-3-5(12)6(13)4-10-2-1-9-7(10)11(14)15/h1-2,5-6,12-13H,3-4H2/t5-,6+/m1/s1. The van der Waals surface area contributed by atoms with Gasteiger partial charge in [-0.05, 0) is 4.92 Å². The Morgan fingerprint density at radius 3 is 2.80 bits per heavy atom. The van der Waals surface area contributed by atoms with Gasteiger partial charge in [0.05, 0.1) is 0 Å². The van der Waals surface area contributed by atoms with Gasteiger partial charge in [0, 0.05) is 0 Å². The number of hydrogen-bond acceptors (Lipinski definition) is 5. The molecule has 7 nitrogen and oxygen atoms in total. The van der Waals surface area contributed by atoms with E-state index in [1.807, 2.05) is 0 Å². The van der Waals surface area contributed by atoms with Crippen LogP contribution in [-0.2, 0) is 6.54 Å². The van der Waals surface area contributed by atoms with Crippen molar-refractivity contribution in [2.24, 2.45) is 0 Å². The molecule has 2 atom stereocenters. The minimum absolute atomic E-state index is 0.276. The van der Waals surface area contributed by atoms with Crippen molar-refractivity contribution in [1.82, 2.24) is 9.55 Å². The van der Waals surface area contributed by atoms with E-state index in [1.165, 1.54) is 12.4 Å². The fraction of sp³-hybridized carbons (Fsp3) is 0.571.